The van der Waals surface area contributed by atoms with Crippen LogP contribution in [0.3, 0.4) is 0 Å². The summed E-state index contributed by atoms with van der Waals surface area (Å²) in [6.45, 7) is 6.10. The number of aliphatic hydroxyl groups is 1. The van der Waals surface area contributed by atoms with Crippen LogP contribution in [0.5, 0.6) is 0 Å². The third-order valence-corrected chi connectivity index (χ3v) is 7.58. The van der Waals surface area contributed by atoms with Crippen molar-refractivity contribution in [2.75, 3.05) is 12.9 Å². The second-order valence-corrected chi connectivity index (χ2v) is 11.5. The average Bonchev–Trinajstić information content (AvgIpc) is 3.03. The lowest BCUT2D eigenvalue weighted by Crippen LogP contribution is -2.18. The molecule has 1 aromatic rings. The predicted molar refractivity (Wildman–Crippen MR) is 120 cm³/mol. The Morgan fingerprint density at radius 3 is 2.45 bits per heavy atom. The van der Waals surface area contributed by atoms with E-state index >= 15 is 0 Å². The molecule has 4 atom stereocenters. The van der Waals surface area contributed by atoms with Gasteiger partial charge in [0, 0.05) is 11.3 Å². The molecule has 0 spiro atoms. The molecular formula is C23H35ClO4S. The van der Waals surface area contributed by atoms with Crippen molar-refractivity contribution in [1.29, 1.82) is 0 Å². The first-order chi connectivity index (χ1) is 13.5. The molecule has 0 aromatic heterocycles. The molecule has 0 amide bonds. The van der Waals surface area contributed by atoms with Crippen molar-refractivity contribution in [3.8, 4) is 0 Å². The van der Waals surface area contributed by atoms with Gasteiger partial charge in [0.25, 0.3) is 10.1 Å². The van der Waals surface area contributed by atoms with Crippen molar-refractivity contribution < 1.29 is 17.7 Å². The maximum atomic E-state index is 11.3. The number of benzene rings is 1. The maximum Gasteiger partial charge on any atom is 0.267 e. The smallest absolute Gasteiger partial charge is 0.267 e. The molecule has 1 aliphatic rings. The zero-order valence-electron chi connectivity index (χ0n) is 18.0. The number of allylic oxidation sites excluding steroid dienone is 2. The van der Waals surface area contributed by atoms with Gasteiger partial charge in [0.1, 0.15) is 0 Å². The minimum Gasteiger partial charge on any atom is -0.388 e. The molecule has 0 aliphatic heterocycles. The van der Waals surface area contributed by atoms with Crippen molar-refractivity contribution in [2.45, 2.75) is 70.3 Å². The zero-order valence-corrected chi connectivity index (χ0v) is 19.5. The molecule has 1 saturated carbocycles. The molecule has 2 rings (SSSR count). The van der Waals surface area contributed by atoms with Gasteiger partial charge in [0.2, 0.25) is 0 Å². The number of alkyl halides is 1. The molecule has 164 valence electrons. The number of aliphatic hydroxyl groups excluding tert-OH is 1. The largest absolute Gasteiger partial charge is 0.388 e. The number of unbranched alkanes of at least 4 members (excludes halogenated alkanes) is 1. The third kappa shape index (κ3) is 7.09. The van der Waals surface area contributed by atoms with Gasteiger partial charge in [0.05, 0.1) is 19.0 Å². The zero-order chi connectivity index (χ0) is 21.7. The highest BCUT2D eigenvalue weighted by atomic mass is 35.5. The Kier molecular flexibility index (Phi) is 8.77. The fourth-order valence-electron chi connectivity index (χ4n) is 4.02. The highest BCUT2D eigenvalue weighted by Crippen LogP contribution is 2.45. The summed E-state index contributed by atoms with van der Waals surface area (Å²) >= 11 is 6.66. The molecule has 1 N–H and O–H groups in total. The van der Waals surface area contributed by atoms with Crippen LogP contribution in [0.15, 0.2) is 36.4 Å². The van der Waals surface area contributed by atoms with Crippen LogP contribution < -0.4 is 0 Å². The predicted octanol–water partition coefficient (Wildman–Crippen LogP) is 5.57. The molecule has 0 saturated heterocycles. The Labute approximate surface area is 181 Å². The van der Waals surface area contributed by atoms with E-state index in [-0.39, 0.29) is 16.5 Å². The molecule has 1 aliphatic carbocycles. The van der Waals surface area contributed by atoms with E-state index in [2.05, 4.69) is 28.5 Å². The first-order valence-electron chi connectivity index (χ1n) is 10.4. The van der Waals surface area contributed by atoms with Crippen molar-refractivity contribution in [3.05, 3.63) is 47.5 Å². The van der Waals surface area contributed by atoms with Crippen molar-refractivity contribution in [2.24, 2.45) is 11.3 Å². The molecule has 29 heavy (non-hydrogen) atoms. The van der Waals surface area contributed by atoms with Gasteiger partial charge >= 0.3 is 0 Å². The molecular weight excluding hydrogens is 408 g/mol. The van der Waals surface area contributed by atoms with Crippen LogP contribution in [0.1, 0.15) is 76.0 Å². The van der Waals surface area contributed by atoms with E-state index in [4.69, 9.17) is 11.6 Å². The van der Waals surface area contributed by atoms with Crippen molar-refractivity contribution in [1.82, 2.24) is 0 Å². The normalized spacial score (nSPS) is 24.3. The summed E-state index contributed by atoms with van der Waals surface area (Å²) < 4.78 is 27.1. The van der Waals surface area contributed by atoms with Gasteiger partial charge in [0.15, 0.2) is 0 Å². The summed E-state index contributed by atoms with van der Waals surface area (Å²) in [6.07, 6.45) is 8.05. The van der Waals surface area contributed by atoms with Crippen LogP contribution in [0, 0.1) is 11.3 Å². The fourth-order valence-corrected chi connectivity index (χ4v) is 5.19. The Morgan fingerprint density at radius 1 is 1.21 bits per heavy atom. The van der Waals surface area contributed by atoms with Crippen LogP contribution in [0.4, 0.5) is 0 Å². The van der Waals surface area contributed by atoms with Crippen molar-refractivity contribution in [3.63, 3.8) is 0 Å². The molecule has 0 bridgehead atoms. The third-order valence-electron chi connectivity index (χ3n) is 5.79. The highest BCUT2D eigenvalue weighted by Gasteiger charge is 2.35. The molecule has 0 heterocycles. The standard InChI is InChI=1S/C23H35ClO4S/c1-23(2,3)22(25)19-12-10-18(11-13-19)21-17(14-15-20(21)24)9-7-5-6-8-16-29(26,27)28-4/h5,7,10-13,17,20-22,25H,6,8-9,14-16H2,1-4H3/b7-5-. The fraction of sp³-hybridized carbons (Fsp3) is 0.652. The molecule has 6 heteroatoms. The van der Waals surface area contributed by atoms with E-state index in [1.54, 1.807) is 0 Å². The first-order valence-corrected chi connectivity index (χ1v) is 12.4. The topological polar surface area (TPSA) is 63.6 Å². The van der Waals surface area contributed by atoms with Gasteiger partial charge in [-0.1, -0.05) is 57.2 Å². The second kappa shape index (κ2) is 10.4. The van der Waals surface area contributed by atoms with Crippen LogP contribution in [-0.2, 0) is 14.3 Å². The van der Waals surface area contributed by atoms with E-state index in [1.165, 1.54) is 12.7 Å². The van der Waals surface area contributed by atoms with Gasteiger partial charge in [-0.15, -0.1) is 11.6 Å². The van der Waals surface area contributed by atoms with Crippen LogP contribution in [0.2, 0.25) is 0 Å². The lowest BCUT2D eigenvalue weighted by molar-refractivity contribution is 0.0626. The van der Waals surface area contributed by atoms with Gasteiger partial charge < -0.3 is 5.11 Å². The molecule has 4 nitrogen and oxygen atoms in total. The Hall–Kier alpha value is -0.880. The monoisotopic (exact) mass is 442 g/mol. The van der Waals surface area contributed by atoms with Crippen LogP contribution in [0.25, 0.3) is 0 Å². The average molecular weight is 443 g/mol. The molecule has 0 radical (unpaired) electrons. The van der Waals surface area contributed by atoms with E-state index in [1.807, 2.05) is 32.9 Å². The summed E-state index contributed by atoms with van der Waals surface area (Å²) in [5.41, 5.74) is 1.98. The van der Waals surface area contributed by atoms with Crippen molar-refractivity contribution >= 4 is 21.7 Å². The highest BCUT2D eigenvalue weighted by molar-refractivity contribution is 7.86. The Morgan fingerprint density at radius 2 is 1.86 bits per heavy atom. The summed E-state index contributed by atoms with van der Waals surface area (Å²) in [5.74, 6) is 0.835. The lowest BCUT2D eigenvalue weighted by Gasteiger charge is -2.27. The first kappa shape index (κ1) is 24.4. The van der Waals surface area contributed by atoms with Crippen LogP contribution in [-0.4, -0.2) is 31.8 Å². The molecule has 1 fully saturated rings. The molecule has 1 aromatic carbocycles. The number of hydrogen-bond acceptors (Lipinski definition) is 4. The number of hydrogen-bond donors (Lipinski definition) is 1. The van der Waals surface area contributed by atoms with E-state index in [0.29, 0.717) is 18.3 Å². The van der Waals surface area contributed by atoms with E-state index in [9.17, 15) is 13.5 Å². The Balaban J connectivity index is 1.95. The van der Waals surface area contributed by atoms with E-state index in [0.717, 1.165) is 31.2 Å². The summed E-state index contributed by atoms with van der Waals surface area (Å²) in [5, 5.41) is 10.6. The van der Waals surface area contributed by atoms with Gasteiger partial charge in [-0.25, -0.2) is 0 Å². The summed E-state index contributed by atoms with van der Waals surface area (Å²) in [4.78, 5) is 0. The molecule has 4 unspecified atom stereocenters. The van der Waals surface area contributed by atoms with E-state index < -0.39 is 16.2 Å². The summed E-state index contributed by atoms with van der Waals surface area (Å²) in [6, 6.07) is 8.27. The van der Waals surface area contributed by atoms with Gasteiger partial charge in [-0.2, -0.15) is 8.42 Å². The second-order valence-electron chi connectivity index (χ2n) is 9.09. The minimum atomic E-state index is -3.36. The maximum absolute atomic E-state index is 11.3. The lowest BCUT2D eigenvalue weighted by atomic mass is 9.82. The number of rotatable bonds is 9. The minimum absolute atomic E-state index is 0.0520. The van der Waals surface area contributed by atoms with Crippen LogP contribution >= 0.6 is 11.6 Å². The van der Waals surface area contributed by atoms with Gasteiger partial charge in [-0.3, -0.25) is 4.18 Å². The van der Waals surface area contributed by atoms with Gasteiger partial charge in [-0.05, 0) is 54.6 Å². The SMILES string of the molecule is COS(=O)(=O)CCC/C=C\CC1CCC(Cl)C1c1ccc(C(O)C(C)(C)C)cc1. The summed E-state index contributed by atoms with van der Waals surface area (Å²) in [7, 11) is -2.16. The Bertz CT molecular complexity index is 765. The number of halogens is 1. The quantitative estimate of drug-likeness (QED) is 0.235.